The Morgan fingerprint density at radius 2 is 1.81 bits per heavy atom. The maximum absolute atomic E-state index is 11.5. The molecule has 5 nitrogen and oxygen atoms in total. The minimum Gasteiger partial charge on any atom is -0.481 e. The molecule has 10 atom stereocenters. The monoisotopic (exact) mass is 434 g/mol. The molecule has 5 N–H and O–H groups in total. The molecule has 0 radical (unpaired) electrons. The summed E-state index contributed by atoms with van der Waals surface area (Å²) >= 11 is 0. The number of nitrogens with two attached hydrogens (primary N) is 1. The Kier molecular flexibility index (Phi) is 6.78. The average Bonchev–Trinajstić information content (AvgIpc) is 3.08. The molecule has 0 bridgehead atoms. The Labute approximate surface area is 188 Å². The third-order valence-corrected chi connectivity index (χ3v) is 10.8. The normalized spacial score (nSPS) is 47.8. The quantitative estimate of drug-likeness (QED) is 0.485. The van der Waals surface area contributed by atoms with Crippen LogP contribution in [0.5, 0.6) is 0 Å². The number of aliphatic carboxylic acids is 1. The van der Waals surface area contributed by atoms with Crippen LogP contribution in [0.15, 0.2) is 0 Å². The predicted molar refractivity (Wildman–Crippen MR) is 123 cm³/mol. The van der Waals surface area contributed by atoms with E-state index in [0.29, 0.717) is 53.5 Å². The van der Waals surface area contributed by atoms with Crippen LogP contribution in [0.3, 0.4) is 0 Å². The molecule has 0 aliphatic heterocycles. The number of fused-ring (bicyclic) bond motifs is 5. The zero-order valence-electron chi connectivity index (χ0n) is 20.0. The van der Waals surface area contributed by atoms with Crippen molar-refractivity contribution in [3.63, 3.8) is 0 Å². The van der Waals surface area contributed by atoms with Gasteiger partial charge in [-0.1, -0.05) is 20.8 Å². The minimum atomic E-state index is -0.673. The number of carboxylic acids is 1. The third-order valence-electron chi connectivity index (χ3n) is 10.8. The Morgan fingerprint density at radius 1 is 1.10 bits per heavy atom. The lowest BCUT2D eigenvalue weighted by molar-refractivity contribution is -0.167. The predicted octanol–water partition coefficient (Wildman–Crippen LogP) is 4.03. The van der Waals surface area contributed by atoms with Crippen molar-refractivity contribution >= 4 is 5.97 Å². The zero-order chi connectivity index (χ0) is 22.4. The fourth-order valence-electron chi connectivity index (χ4n) is 9.22. The van der Waals surface area contributed by atoms with Crippen LogP contribution in [0.2, 0.25) is 0 Å². The van der Waals surface area contributed by atoms with Gasteiger partial charge in [-0.05, 0) is 104 Å². The molecule has 0 aromatic rings. The molecule has 4 rings (SSSR count). The van der Waals surface area contributed by atoms with E-state index in [1.165, 1.54) is 44.9 Å². The summed E-state index contributed by atoms with van der Waals surface area (Å²) in [4.78, 5) is 11.1. The van der Waals surface area contributed by atoms with E-state index in [1.807, 2.05) is 0 Å². The lowest BCUT2D eigenvalue weighted by atomic mass is 9.43. The summed E-state index contributed by atoms with van der Waals surface area (Å²) in [6, 6.07) is 0.560. The van der Waals surface area contributed by atoms with Crippen LogP contribution in [0.1, 0.15) is 85.0 Å². The van der Waals surface area contributed by atoms with Gasteiger partial charge in [0.25, 0.3) is 0 Å². The van der Waals surface area contributed by atoms with Gasteiger partial charge in [0.1, 0.15) is 0 Å². The Bertz CT molecular complexity index is 657. The third kappa shape index (κ3) is 4.08. The highest BCUT2D eigenvalue weighted by Crippen LogP contribution is 2.68. The van der Waals surface area contributed by atoms with Gasteiger partial charge in [-0.15, -0.1) is 0 Å². The van der Waals surface area contributed by atoms with Gasteiger partial charge < -0.3 is 21.3 Å². The molecule has 4 aliphatic rings. The maximum Gasteiger partial charge on any atom is 0.303 e. The average molecular weight is 435 g/mol. The molecular formula is C26H46N2O3. The molecule has 178 valence electrons. The number of aliphatic hydroxyl groups excluding tert-OH is 1. The summed E-state index contributed by atoms with van der Waals surface area (Å²) in [5, 5.41) is 24.3. The number of nitrogens with one attached hydrogen (secondary N) is 1. The van der Waals surface area contributed by atoms with Crippen molar-refractivity contribution in [3.8, 4) is 0 Å². The molecule has 5 heteroatoms. The number of carboxylic acid groups (broad SMARTS) is 1. The second-order valence-corrected chi connectivity index (χ2v) is 12.1. The first kappa shape index (κ1) is 23.5. The molecule has 0 amide bonds. The van der Waals surface area contributed by atoms with Crippen molar-refractivity contribution in [3.05, 3.63) is 0 Å². The second kappa shape index (κ2) is 8.95. The Balaban J connectivity index is 1.50. The van der Waals surface area contributed by atoms with Crippen LogP contribution in [-0.4, -0.2) is 41.4 Å². The van der Waals surface area contributed by atoms with Crippen LogP contribution in [-0.2, 0) is 4.79 Å². The fraction of sp³-hybridized carbons (Fsp3) is 0.962. The van der Waals surface area contributed by atoms with Crippen molar-refractivity contribution in [2.75, 3.05) is 13.1 Å². The van der Waals surface area contributed by atoms with Crippen LogP contribution in [0, 0.1) is 46.3 Å². The first-order valence-electron chi connectivity index (χ1n) is 13.0. The smallest absolute Gasteiger partial charge is 0.303 e. The van der Waals surface area contributed by atoms with E-state index in [4.69, 9.17) is 10.8 Å². The highest BCUT2D eigenvalue weighted by Gasteiger charge is 2.62. The van der Waals surface area contributed by atoms with Crippen LogP contribution in [0.4, 0.5) is 0 Å². The van der Waals surface area contributed by atoms with E-state index in [0.717, 1.165) is 19.4 Å². The lowest BCUT2D eigenvalue weighted by Gasteiger charge is -2.62. The lowest BCUT2D eigenvalue weighted by Crippen LogP contribution is -2.59. The number of hydrogen-bond donors (Lipinski definition) is 4. The largest absolute Gasteiger partial charge is 0.481 e. The summed E-state index contributed by atoms with van der Waals surface area (Å²) in [5.41, 5.74) is 6.34. The Morgan fingerprint density at radius 3 is 2.52 bits per heavy atom. The molecule has 9 unspecified atom stereocenters. The highest BCUT2D eigenvalue weighted by atomic mass is 16.4. The molecule has 0 aromatic heterocycles. The van der Waals surface area contributed by atoms with Gasteiger partial charge in [0.05, 0.1) is 6.10 Å². The van der Waals surface area contributed by atoms with Crippen molar-refractivity contribution < 1.29 is 15.0 Å². The van der Waals surface area contributed by atoms with Gasteiger partial charge in [0.15, 0.2) is 0 Å². The molecule has 4 saturated carbocycles. The first-order chi connectivity index (χ1) is 14.7. The van der Waals surface area contributed by atoms with E-state index in [2.05, 4.69) is 26.1 Å². The molecule has 0 saturated heterocycles. The van der Waals surface area contributed by atoms with E-state index in [-0.39, 0.29) is 17.9 Å². The summed E-state index contributed by atoms with van der Waals surface area (Å²) in [6.07, 6.45) is 10.5. The summed E-state index contributed by atoms with van der Waals surface area (Å²) in [5.74, 6) is 2.68. The van der Waals surface area contributed by atoms with Gasteiger partial charge in [-0.3, -0.25) is 4.79 Å². The number of carbonyl (C=O) groups is 1. The van der Waals surface area contributed by atoms with Crippen LogP contribution < -0.4 is 11.1 Å². The van der Waals surface area contributed by atoms with Gasteiger partial charge in [-0.25, -0.2) is 0 Å². The molecule has 0 aromatic carbocycles. The Hall–Kier alpha value is -0.650. The number of aliphatic hydroxyl groups is 1. The highest BCUT2D eigenvalue weighted by molar-refractivity contribution is 5.66. The molecule has 31 heavy (non-hydrogen) atoms. The fourth-order valence-corrected chi connectivity index (χ4v) is 9.22. The van der Waals surface area contributed by atoms with Crippen LogP contribution >= 0.6 is 0 Å². The minimum absolute atomic E-state index is 0.172. The second-order valence-electron chi connectivity index (χ2n) is 12.1. The summed E-state index contributed by atoms with van der Waals surface area (Å²) < 4.78 is 0. The van der Waals surface area contributed by atoms with Crippen molar-refractivity contribution in [2.45, 2.75) is 97.1 Å². The van der Waals surface area contributed by atoms with Gasteiger partial charge >= 0.3 is 5.97 Å². The van der Waals surface area contributed by atoms with Crippen LogP contribution in [0.25, 0.3) is 0 Å². The van der Waals surface area contributed by atoms with Gasteiger partial charge in [0, 0.05) is 25.6 Å². The van der Waals surface area contributed by atoms with Gasteiger partial charge in [0.2, 0.25) is 0 Å². The molecule has 0 heterocycles. The molecule has 4 fully saturated rings. The zero-order valence-corrected chi connectivity index (χ0v) is 20.0. The van der Waals surface area contributed by atoms with Gasteiger partial charge in [-0.2, -0.15) is 0 Å². The van der Waals surface area contributed by atoms with E-state index in [9.17, 15) is 9.90 Å². The summed E-state index contributed by atoms with van der Waals surface area (Å²) in [7, 11) is 0. The van der Waals surface area contributed by atoms with E-state index in [1.54, 1.807) is 0 Å². The van der Waals surface area contributed by atoms with Crippen molar-refractivity contribution in [2.24, 2.45) is 52.1 Å². The first-order valence-corrected chi connectivity index (χ1v) is 13.0. The molecule has 0 spiro atoms. The van der Waals surface area contributed by atoms with Crippen molar-refractivity contribution in [1.29, 1.82) is 0 Å². The van der Waals surface area contributed by atoms with E-state index >= 15 is 0 Å². The standard InChI is InChI=1S/C26H46N2O3/c1-16(4-7-23(30)31)19-5-6-20-24-21(9-11-26(19,20)3)25(2)10-8-18(28-13-12-27)14-17(25)15-22(24)29/h16-22,24,28-29H,4-15,27H2,1-3H3,(H,30,31)/t16?,17?,18?,19?,20?,21?,22-,24?,25?,26?/m1/s1. The molecular weight excluding hydrogens is 388 g/mol. The maximum atomic E-state index is 11.5. The molecule has 4 aliphatic carbocycles. The summed E-state index contributed by atoms with van der Waals surface area (Å²) in [6.45, 7) is 8.89. The SMILES string of the molecule is CC(CCC(=O)O)C1CCC2C3C(CCC12C)C1(C)CCC(NCCN)CC1C[C@H]3O. The number of rotatable bonds is 7. The van der Waals surface area contributed by atoms with E-state index < -0.39 is 5.97 Å². The topological polar surface area (TPSA) is 95.6 Å². The van der Waals surface area contributed by atoms with Crippen molar-refractivity contribution in [1.82, 2.24) is 5.32 Å². The number of hydrogen-bond acceptors (Lipinski definition) is 4.